The predicted octanol–water partition coefficient (Wildman–Crippen LogP) is 4.51. The van der Waals surface area contributed by atoms with Gasteiger partial charge in [-0.05, 0) is 36.0 Å². The maximum absolute atomic E-state index is 12.0. The molecule has 2 rings (SSSR count). The molecule has 0 unspecified atom stereocenters. The van der Waals surface area contributed by atoms with Gasteiger partial charge in [-0.2, -0.15) is 0 Å². The Labute approximate surface area is 122 Å². The van der Waals surface area contributed by atoms with Crippen molar-refractivity contribution in [3.63, 3.8) is 0 Å². The van der Waals surface area contributed by atoms with Crippen molar-refractivity contribution in [2.75, 3.05) is 6.61 Å². The van der Waals surface area contributed by atoms with Gasteiger partial charge in [0.2, 0.25) is 0 Å². The third kappa shape index (κ3) is 4.09. The minimum absolute atomic E-state index is 0.124. The number of hydrogen-bond donors (Lipinski definition) is 0. The normalized spacial score (nSPS) is 16.4. The number of rotatable bonds is 5. The Morgan fingerprint density at radius 2 is 1.95 bits per heavy atom. The average Bonchev–Trinajstić information content (AvgIpc) is 2.92. The first-order valence-electron chi connectivity index (χ1n) is 7.73. The summed E-state index contributed by atoms with van der Waals surface area (Å²) in [6.45, 7) is 7.07. The van der Waals surface area contributed by atoms with Gasteiger partial charge < -0.3 is 4.74 Å². The molecule has 1 aromatic carbocycles. The van der Waals surface area contributed by atoms with Crippen LogP contribution in [0.25, 0.3) is 0 Å². The van der Waals surface area contributed by atoms with Crippen molar-refractivity contribution in [3.05, 3.63) is 29.8 Å². The highest BCUT2D eigenvalue weighted by Crippen LogP contribution is 2.27. The smallest absolute Gasteiger partial charge is 0.139 e. The summed E-state index contributed by atoms with van der Waals surface area (Å²) in [5, 5.41) is 0. The van der Waals surface area contributed by atoms with Gasteiger partial charge in [0.05, 0.1) is 6.61 Å². The highest BCUT2D eigenvalue weighted by atomic mass is 16.5. The topological polar surface area (TPSA) is 26.3 Å². The van der Waals surface area contributed by atoms with Gasteiger partial charge >= 0.3 is 0 Å². The van der Waals surface area contributed by atoms with Gasteiger partial charge in [-0.15, -0.1) is 0 Å². The fourth-order valence-corrected chi connectivity index (χ4v) is 2.77. The van der Waals surface area contributed by atoms with E-state index < -0.39 is 0 Å². The van der Waals surface area contributed by atoms with E-state index in [0.717, 1.165) is 18.6 Å². The fourth-order valence-electron chi connectivity index (χ4n) is 2.77. The number of benzene rings is 1. The van der Waals surface area contributed by atoms with E-state index in [1.54, 1.807) is 0 Å². The van der Waals surface area contributed by atoms with E-state index in [2.05, 4.69) is 32.9 Å². The molecule has 1 aliphatic carbocycles. The molecule has 2 nitrogen and oxygen atoms in total. The van der Waals surface area contributed by atoms with Crippen molar-refractivity contribution in [1.82, 2.24) is 0 Å². The average molecular weight is 274 g/mol. The zero-order chi connectivity index (χ0) is 14.6. The van der Waals surface area contributed by atoms with Crippen LogP contribution >= 0.6 is 0 Å². The maximum Gasteiger partial charge on any atom is 0.139 e. The highest BCUT2D eigenvalue weighted by Gasteiger charge is 2.22. The Kier molecular flexibility index (Phi) is 4.85. The summed E-state index contributed by atoms with van der Waals surface area (Å²) >= 11 is 0. The molecule has 110 valence electrons. The second-order valence-electron chi connectivity index (χ2n) is 6.82. The lowest BCUT2D eigenvalue weighted by Gasteiger charge is -2.19. The molecule has 1 fully saturated rings. The molecule has 0 atom stereocenters. The van der Waals surface area contributed by atoms with Gasteiger partial charge in [0, 0.05) is 12.3 Å². The van der Waals surface area contributed by atoms with Gasteiger partial charge in [0.15, 0.2) is 0 Å². The first-order valence-corrected chi connectivity index (χ1v) is 7.73. The van der Waals surface area contributed by atoms with Crippen LogP contribution in [0.3, 0.4) is 0 Å². The largest absolute Gasteiger partial charge is 0.493 e. The zero-order valence-corrected chi connectivity index (χ0v) is 12.9. The molecule has 0 amide bonds. The molecule has 0 radical (unpaired) electrons. The number of Topliss-reactive ketones (excluding diaryl/α,β-unsaturated/α-hetero) is 1. The van der Waals surface area contributed by atoms with Gasteiger partial charge in [0.1, 0.15) is 11.5 Å². The Hall–Kier alpha value is -1.31. The van der Waals surface area contributed by atoms with E-state index in [1.165, 1.54) is 18.4 Å². The number of carbonyl (C=O) groups excluding carboxylic acids is 1. The molecule has 0 spiro atoms. The molecule has 0 heterocycles. The lowest BCUT2D eigenvalue weighted by atomic mass is 9.87. The molecule has 0 bridgehead atoms. The molecule has 20 heavy (non-hydrogen) atoms. The molecular weight excluding hydrogens is 248 g/mol. The summed E-state index contributed by atoms with van der Waals surface area (Å²) in [5.41, 5.74) is 1.39. The van der Waals surface area contributed by atoms with Gasteiger partial charge in [-0.1, -0.05) is 45.7 Å². The first kappa shape index (κ1) is 15.1. The highest BCUT2D eigenvalue weighted by molar-refractivity contribution is 5.81. The first-order chi connectivity index (χ1) is 9.47. The summed E-state index contributed by atoms with van der Waals surface area (Å²) in [6, 6.07) is 8.20. The molecule has 1 aromatic rings. The van der Waals surface area contributed by atoms with Crippen LogP contribution < -0.4 is 4.74 Å². The number of ketones is 1. The maximum atomic E-state index is 12.0. The zero-order valence-electron chi connectivity index (χ0n) is 12.9. The van der Waals surface area contributed by atoms with Gasteiger partial charge in [-0.25, -0.2) is 0 Å². The van der Waals surface area contributed by atoms with Crippen LogP contribution in [-0.2, 0) is 10.2 Å². The van der Waals surface area contributed by atoms with Crippen LogP contribution in [0.2, 0.25) is 0 Å². The van der Waals surface area contributed by atoms with E-state index in [0.29, 0.717) is 24.7 Å². The Balaban J connectivity index is 1.83. The number of carbonyl (C=O) groups is 1. The van der Waals surface area contributed by atoms with Gasteiger partial charge in [0.25, 0.3) is 0 Å². The van der Waals surface area contributed by atoms with Gasteiger partial charge in [-0.3, -0.25) is 4.79 Å². The van der Waals surface area contributed by atoms with E-state index >= 15 is 0 Å². The van der Waals surface area contributed by atoms with Crippen LogP contribution in [-0.4, -0.2) is 12.4 Å². The van der Waals surface area contributed by atoms with Crippen LogP contribution in [0.4, 0.5) is 0 Å². The lowest BCUT2D eigenvalue weighted by molar-refractivity contribution is -0.123. The van der Waals surface area contributed by atoms with E-state index in [1.807, 2.05) is 12.1 Å². The Morgan fingerprint density at radius 3 is 2.60 bits per heavy atom. The predicted molar refractivity (Wildman–Crippen MR) is 82.2 cm³/mol. The summed E-state index contributed by atoms with van der Waals surface area (Å²) in [7, 11) is 0. The fraction of sp³-hybridized carbons (Fsp3) is 0.611. The summed E-state index contributed by atoms with van der Waals surface area (Å²) in [4.78, 5) is 12.0. The molecule has 1 aliphatic rings. The Bertz CT molecular complexity index is 451. The van der Waals surface area contributed by atoms with Crippen LogP contribution in [0.15, 0.2) is 24.3 Å². The van der Waals surface area contributed by atoms with E-state index in [-0.39, 0.29) is 5.41 Å². The third-order valence-corrected chi connectivity index (χ3v) is 4.13. The molecular formula is C18H26O2. The quantitative estimate of drug-likeness (QED) is 0.789. The molecule has 1 saturated carbocycles. The second-order valence-corrected chi connectivity index (χ2v) is 6.82. The molecule has 0 aliphatic heterocycles. The van der Waals surface area contributed by atoms with Crippen molar-refractivity contribution in [3.8, 4) is 5.75 Å². The van der Waals surface area contributed by atoms with E-state index in [4.69, 9.17) is 4.74 Å². The SMILES string of the molecule is CC(C)(C)c1cccc(OCCC(=O)C2CCCC2)c1. The van der Waals surface area contributed by atoms with Crippen molar-refractivity contribution in [2.45, 2.75) is 58.3 Å². The van der Waals surface area contributed by atoms with E-state index in [9.17, 15) is 4.79 Å². The third-order valence-electron chi connectivity index (χ3n) is 4.13. The second kappa shape index (κ2) is 6.43. The Morgan fingerprint density at radius 1 is 1.25 bits per heavy atom. The minimum Gasteiger partial charge on any atom is -0.493 e. The molecule has 0 N–H and O–H groups in total. The van der Waals surface area contributed by atoms with Crippen LogP contribution in [0.5, 0.6) is 5.75 Å². The van der Waals surface area contributed by atoms with Crippen molar-refractivity contribution in [2.24, 2.45) is 5.92 Å². The standard InChI is InChI=1S/C18H26O2/c1-18(2,3)15-9-6-10-16(13-15)20-12-11-17(19)14-7-4-5-8-14/h6,9-10,13-14H,4-5,7-8,11-12H2,1-3H3. The number of ether oxygens (including phenoxy) is 1. The number of hydrogen-bond acceptors (Lipinski definition) is 2. The molecule has 0 aromatic heterocycles. The van der Waals surface area contributed by atoms with Crippen molar-refractivity contribution < 1.29 is 9.53 Å². The molecule has 0 saturated heterocycles. The lowest BCUT2D eigenvalue weighted by Crippen LogP contribution is -2.15. The van der Waals surface area contributed by atoms with Crippen LogP contribution in [0, 0.1) is 5.92 Å². The summed E-state index contributed by atoms with van der Waals surface area (Å²) in [6.07, 6.45) is 5.14. The molecule has 2 heteroatoms. The minimum atomic E-state index is 0.124. The van der Waals surface area contributed by atoms with Crippen LogP contribution in [0.1, 0.15) is 58.4 Å². The monoisotopic (exact) mass is 274 g/mol. The van der Waals surface area contributed by atoms with Crippen molar-refractivity contribution >= 4 is 5.78 Å². The summed E-state index contributed by atoms with van der Waals surface area (Å²) < 4.78 is 5.75. The summed E-state index contributed by atoms with van der Waals surface area (Å²) in [5.74, 6) is 1.56. The van der Waals surface area contributed by atoms with Crippen molar-refractivity contribution in [1.29, 1.82) is 0 Å².